The van der Waals surface area contributed by atoms with Crippen molar-refractivity contribution in [2.24, 2.45) is 0 Å². The number of benzene rings is 4. The van der Waals surface area contributed by atoms with Crippen molar-refractivity contribution in [2.75, 3.05) is 19.8 Å². The standard InChI is InChI=1S/C38H43NO5/c1-3-5-25-43-34-18-13-29(14-19-34)32-17-22-36(30-15-20-35(21-16-30)44-26-6-4-2)33(27-32)12-9-28-7-10-31(11-8-28)38(42)39-24-23-37(40)41/h7-8,10-11,13-22,27H,3-6,9,12,23-26H2,1-2H3,(H,39,42)(H,40,41). The molecule has 230 valence electrons. The summed E-state index contributed by atoms with van der Waals surface area (Å²) in [7, 11) is 0. The summed E-state index contributed by atoms with van der Waals surface area (Å²) in [4.78, 5) is 23.1. The van der Waals surface area contributed by atoms with Gasteiger partial charge in [0.1, 0.15) is 11.5 Å². The highest BCUT2D eigenvalue weighted by atomic mass is 16.5. The molecule has 6 heteroatoms. The van der Waals surface area contributed by atoms with E-state index in [1.807, 2.05) is 36.4 Å². The van der Waals surface area contributed by atoms with Crippen LogP contribution in [0.2, 0.25) is 0 Å². The molecule has 0 heterocycles. The van der Waals surface area contributed by atoms with Crippen molar-refractivity contribution in [3.8, 4) is 33.8 Å². The van der Waals surface area contributed by atoms with E-state index in [0.29, 0.717) is 5.56 Å². The van der Waals surface area contributed by atoms with Crippen LogP contribution in [0.25, 0.3) is 22.3 Å². The first-order valence-electron chi connectivity index (χ1n) is 15.6. The number of carbonyl (C=O) groups is 2. The lowest BCUT2D eigenvalue weighted by molar-refractivity contribution is -0.136. The van der Waals surface area contributed by atoms with Gasteiger partial charge in [-0.15, -0.1) is 0 Å². The van der Waals surface area contributed by atoms with Gasteiger partial charge in [0.2, 0.25) is 0 Å². The van der Waals surface area contributed by atoms with Crippen LogP contribution in [-0.2, 0) is 17.6 Å². The molecule has 0 aliphatic carbocycles. The van der Waals surface area contributed by atoms with Crippen LogP contribution in [0.1, 0.15) is 67.4 Å². The molecule has 6 nitrogen and oxygen atoms in total. The average Bonchev–Trinajstić information content (AvgIpc) is 3.05. The number of carbonyl (C=O) groups excluding carboxylic acids is 1. The highest BCUT2D eigenvalue weighted by Gasteiger charge is 2.11. The fraction of sp³-hybridized carbons (Fsp3) is 0.316. The number of rotatable bonds is 17. The fourth-order valence-electron chi connectivity index (χ4n) is 4.89. The third kappa shape index (κ3) is 9.73. The summed E-state index contributed by atoms with van der Waals surface area (Å²) in [5, 5.41) is 11.5. The van der Waals surface area contributed by atoms with Gasteiger partial charge < -0.3 is 19.9 Å². The van der Waals surface area contributed by atoms with Gasteiger partial charge in [0.15, 0.2) is 0 Å². The van der Waals surface area contributed by atoms with E-state index in [0.717, 1.165) is 85.5 Å². The second-order valence-electron chi connectivity index (χ2n) is 10.9. The molecule has 0 aliphatic rings. The fourth-order valence-corrected chi connectivity index (χ4v) is 4.89. The maximum Gasteiger partial charge on any atom is 0.305 e. The number of hydrogen-bond donors (Lipinski definition) is 2. The molecule has 0 unspecified atom stereocenters. The van der Waals surface area contributed by atoms with Gasteiger partial charge in [-0.05, 0) is 95.5 Å². The summed E-state index contributed by atoms with van der Waals surface area (Å²) >= 11 is 0. The zero-order chi connectivity index (χ0) is 31.1. The lowest BCUT2D eigenvalue weighted by Gasteiger charge is -2.14. The Kier molecular flexibility index (Phi) is 12.4. The molecule has 0 saturated heterocycles. The Labute approximate surface area is 261 Å². The number of carboxylic acids is 1. The summed E-state index contributed by atoms with van der Waals surface area (Å²) in [6.07, 6.45) is 5.81. The SMILES string of the molecule is CCCCOc1ccc(-c2ccc(-c3ccc(OCCCC)cc3)c(CCc3ccc(C(=O)NCCC(=O)O)cc3)c2)cc1. The Hall–Kier alpha value is -4.58. The first-order chi connectivity index (χ1) is 21.5. The molecule has 0 aromatic heterocycles. The van der Waals surface area contributed by atoms with Gasteiger partial charge in [-0.3, -0.25) is 9.59 Å². The normalized spacial score (nSPS) is 10.8. The maximum atomic E-state index is 12.4. The zero-order valence-corrected chi connectivity index (χ0v) is 25.8. The van der Waals surface area contributed by atoms with E-state index >= 15 is 0 Å². The van der Waals surface area contributed by atoms with E-state index in [9.17, 15) is 9.59 Å². The molecule has 44 heavy (non-hydrogen) atoms. The van der Waals surface area contributed by atoms with E-state index in [2.05, 4.69) is 61.6 Å². The Morgan fingerprint density at radius 3 is 1.82 bits per heavy atom. The molecule has 0 bridgehead atoms. The second kappa shape index (κ2) is 16.9. The second-order valence-corrected chi connectivity index (χ2v) is 10.9. The molecule has 1 amide bonds. The molecule has 4 aromatic carbocycles. The van der Waals surface area contributed by atoms with E-state index in [4.69, 9.17) is 14.6 Å². The Morgan fingerprint density at radius 1 is 0.682 bits per heavy atom. The van der Waals surface area contributed by atoms with Crippen molar-refractivity contribution in [1.29, 1.82) is 0 Å². The van der Waals surface area contributed by atoms with Gasteiger partial charge in [-0.1, -0.05) is 81.3 Å². The smallest absolute Gasteiger partial charge is 0.305 e. The summed E-state index contributed by atoms with van der Waals surface area (Å²) in [6.45, 7) is 5.87. The van der Waals surface area contributed by atoms with Crippen LogP contribution >= 0.6 is 0 Å². The van der Waals surface area contributed by atoms with E-state index in [1.165, 1.54) is 11.1 Å². The van der Waals surface area contributed by atoms with Crippen molar-refractivity contribution >= 4 is 11.9 Å². The first kappa shape index (κ1) is 32.3. The lowest BCUT2D eigenvalue weighted by atomic mass is 9.91. The minimum atomic E-state index is -0.936. The number of carboxylic acid groups (broad SMARTS) is 1. The summed E-state index contributed by atoms with van der Waals surface area (Å²) < 4.78 is 11.7. The van der Waals surface area contributed by atoms with Gasteiger partial charge in [0.25, 0.3) is 5.91 Å². The molecule has 4 aromatic rings. The van der Waals surface area contributed by atoms with Crippen molar-refractivity contribution in [3.05, 3.63) is 108 Å². The minimum absolute atomic E-state index is 0.100. The zero-order valence-electron chi connectivity index (χ0n) is 25.8. The number of aryl methyl sites for hydroxylation is 2. The molecule has 0 saturated carbocycles. The van der Waals surface area contributed by atoms with E-state index in [-0.39, 0.29) is 18.9 Å². The number of unbranched alkanes of at least 4 members (excludes halogenated alkanes) is 2. The molecule has 0 spiro atoms. The number of hydrogen-bond acceptors (Lipinski definition) is 4. The molecule has 0 fully saturated rings. The summed E-state index contributed by atoms with van der Waals surface area (Å²) in [5.74, 6) is 0.568. The quantitative estimate of drug-likeness (QED) is 0.120. The monoisotopic (exact) mass is 593 g/mol. The third-order valence-corrected chi connectivity index (χ3v) is 7.52. The van der Waals surface area contributed by atoms with Gasteiger partial charge in [-0.25, -0.2) is 0 Å². The van der Waals surface area contributed by atoms with Crippen LogP contribution < -0.4 is 14.8 Å². The molecule has 2 N–H and O–H groups in total. The van der Waals surface area contributed by atoms with Crippen LogP contribution in [0, 0.1) is 0 Å². The molecular formula is C38H43NO5. The number of amides is 1. The maximum absolute atomic E-state index is 12.4. The average molecular weight is 594 g/mol. The van der Waals surface area contributed by atoms with Crippen LogP contribution in [0.4, 0.5) is 0 Å². The van der Waals surface area contributed by atoms with Crippen molar-refractivity contribution in [1.82, 2.24) is 5.32 Å². The predicted molar refractivity (Wildman–Crippen MR) is 177 cm³/mol. The topological polar surface area (TPSA) is 84.9 Å². The number of nitrogens with one attached hydrogen (secondary N) is 1. The van der Waals surface area contributed by atoms with Crippen LogP contribution in [0.3, 0.4) is 0 Å². The van der Waals surface area contributed by atoms with E-state index in [1.54, 1.807) is 12.1 Å². The predicted octanol–water partition coefficient (Wildman–Crippen LogP) is 8.37. The summed E-state index contributed by atoms with van der Waals surface area (Å²) in [5.41, 5.74) is 7.49. The van der Waals surface area contributed by atoms with Gasteiger partial charge in [0.05, 0.1) is 19.6 Å². The lowest BCUT2D eigenvalue weighted by Crippen LogP contribution is -2.25. The minimum Gasteiger partial charge on any atom is -0.494 e. The van der Waals surface area contributed by atoms with Crippen LogP contribution in [0.15, 0.2) is 91.0 Å². The van der Waals surface area contributed by atoms with Gasteiger partial charge in [-0.2, -0.15) is 0 Å². The van der Waals surface area contributed by atoms with E-state index < -0.39 is 5.97 Å². The Balaban J connectivity index is 1.52. The molecule has 0 radical (unpaired) electrons. The third-order valence-electron chi connectivity index (χ3n) is 7.52. The molecule has 4 rings (SSSR count). The first-order valence-corrected chi connectivity index (χ1v) is 15.6. The summed E-state index contributed by atoms with van der Waals surface area (Å²) in [6, 6.07) is 30.8. The Bertz CT molecular complexity index is 1480. The molecule has 0 aliphatic heterocycles. The highest BCUT2D eigenvalue weighted by molar-refractivity contribution is 5.94. The number of ether oxygens (including phenoxy) is 2. The van der Waals surface area contributed by atoms with Crippen molar-refractivity contribution < 1.29 is 24.2 Å². The highest BCUT2D eigenvalue weighted by Crippen LogP contribution is 2.32. The number of aliphatic carboxylic acids is 1. The molecular weight excluding hydrogens is 550 g/mol. The van der Waals surface area contributed by atoms with Crippen LogP contribution in [-0.4, -0.2) is 36.7 Å². The largest absolute Gasteiger partial charge is 0.494 e. The van der Waals surface area contributed by atoms with Crippen molar-refractivity contribution in [3.63, 3.8) is 0 Å². The van der Waals surface area contributed by atoms with Gasteiger partial charge in [0, 0.05) is 12.1 Å². The van der Waals surface area contributed by atoms with Gasteiger partial charge >= 0.3 is 5.97 Å². The molecule has 0 atom stereocenters. The van der Waals surface area contributed by atoms with Crippen molar-refractivity contribution in [2.45, 2.75) is 58.8 Å². The Morgan fingerprint density at radius 2 is 1.25 bits per heavy atom. The van der Waals surface area contributed by atoms with Crippen LogP contribution in [0.5, 0.6) is 11.5 Å².